The number of methoxy groups -OCH3 is 1. The van der Waals surface area contributed by atoms with E-state index < -0.39 is 5.97 Å². The molecule has 102 valence electrons. The minimum atomic E-state index is -0.416. The van der Waals surface area contributed by atoms with Crippen molar-refractivity contribution in [2.75, 3.05) is 12.4 Å². The SMILES string of the molecule is COC(=O)c1ccc(NC(=O)C=Cc2ccco2)cc1. The molecule has 0 spiro atoms. The van der Waals surface area contributed by atoms with Crippen LogP contribution in [0.25, 0.3) is 6.08 Å². The first kappa shape index (κ1) is 13.6. The van der Waals surface area contributed by atoms with Crippen LogP contribution >= 0.6 is 0 Å². The summed E-state index contributed by atoms with van der Waals surface area (Å²) < 4.78 is 9.66. The van der Waals surface area contributed by atoms with E-state index >= 15 is 0 Å². The third kappa shape index (κ3) is 3.58. The molecule has 0 saturated heterocycles. The lowest BCUT2D eigenvalue weighted by molar-refractivity contribution is -0.111. The number of hydrogen-bond donors (Lipinski definition) is 1. The van der Waals surface area contributed by atoms with E-state index in [1.165, 1.54) is 19.4 Å². The van der Waals surface area contributed by atoms with Crippen LogP contribution in [-0.4, -0.2) is 19.0 Å². The zero-order valence-corrected chi connectivity index (χ0v) is 10.8. The van der Waals surface area contributed by atoms with Gasteiger partial charge in [0.15, 0.2) is 0 Å². The van der Waals surface area contributed by atoms with E-state index in [1.807, 2.05) is 0 Å². The van der Waals surface area contributed by atoms with Crippen LogP contribution in [0.5, 0.6) is 0 Å². The largest absolute Gasteiger partial charge is 0.465 e. The summed E-state index contributed by atoms with van der Waals surface area (Å²) in [4.78, 5) is 22.9. The fourth-order valence-electron chi connectivity index (χ4n) is 1.54. The Kier molecular flexibility index (Phi) is 4.34. The summed E-state index contributed by atoms with van der Waals surface area (Å²) in [6, 6.07) is 9.91. The Morgan fingerprint density at radius 2 is 1.95 bits per heavy atom. The van der Waals surface area contributed by atoms with Crippen LogP contribution in [0, 0.1) is 0 Å². The number of rotatable bonds is 4. The Bertz CT molecular complexity index is 612. The van der Waals surface area contributed by atoms with Crippen molar-refractivity contribution in [1.29, 1.82) is 0 Å². The van der Waals surface area contributed by atoms with Crippen LogP contribution in [0.1, 0.15) is 16.1 Å². The molecule has 1 aromatic carbocycles. The van der Waals surface area contributed by atoms with Crippen molar-refractivity contribution in [3.05, 3.63) is 60.1 Å². The average Bonchev–Trinajstić information content (AvgIpc) is 2.98. The highest BCUT2D eigenvalue weighted by molar-refractivity contribution is 6.02. The minimum absolute atomic E-state index is 0.285. The van der Waals surface area contributed by atoms with Crippen LogP contribution in [0.3, 0.4) is 0 Å². The van der Waals surface area contributed by atoms with E-state index in [0.29, 0.717) is 17.0 Å². The Morgan fingerprint density at radius 3 is 2.55 bits per heavy atom. The Labute approximate surface area is 115 Å². The molecule has 1 aromatic heterocycles. The van der Waals surface area contributed by atoms with Crippen LogP contribution in [-0.2, 0) is 9.53 Å². The van der Waals surface area contributed by atoms with Crippen molar-refractivity contribution < 1.29 is 18.7 Å². The first-order valence-electron chi connectivity index (χ1n) is 5.90. The molecule has 2 aromatic rings. The van der Waals surface area contributed by atoms with Crippen molar-refractivity contribution in [2.24, 2.45) is 0 Å². The molecule has 5 heteroatoms. The Balaban J connectivity index is 1.96. The molecule has 0 fully saturated rings. The minimum Gasteiger partial charge on any atom is -0.465 e. The summed E-state index contributed by atoms with van der Waals surface area (Å²) in [7, 11) is 1.32. The van der Waals surface area contributed by atoms with Gasteiger partial charge in [0.1, 0.15) is 5.76 Å². The molecule has 0 unspecified atom stereocenters. The molecule has 5 nitrogen and oxygen atoms in total. The van der Waals surface area contributed by atoms with Gasteiger partial charge in [0.25, 0.3) is 0 Å². The van der Waals surface area contributed by atoms with Crippen molar-refractivity contribution in [3.8, 4) is 0 Å². The number of carbonyl (C=O) groups is 2. The molecular formula is C15H13NO4. The van der Waals surface area contributed by atoms with Gasteiger partial charge in [-0.05, 0) is 42.5 Å². The van der Waals surface area contributed by atoms with E-state index in [9.17, 15) is 9.59 Å². The fourth-order valence-corrected chi connectivity index (χ4v) is 1.54. The van der Waals surface area contributed by atoms with Gasteiger partial charge in [-0.2, -0.15) is 0 Å². The van der Waals surface area contributed by atoms with Crippen LogP contribution in [0.2, 0.25) is 0 Å². The quantitative estimate of drug-likeness (QED) is 0.685. The van der Waals surface area contributed by atoms with Gasteiger partial charge in [-0.25, -0.2) is 4.79 Å². The lowest BCUT2D eigenvalue weighted by Crippen LogP contribution is -2.08. The van der Waals surface area contributed by atoms with Gasteiger partial charge >= 0.3 is 5.97 Å². The van der Waals surface area contributed by atoms with Crippen LogP contribution in [0.4, 0.5) is 5.69 Å². The number of amides is 1. The highest BCUT2D eigenvalue weighted by Gasteiger charge is 2.05. The highest BCUT2D eigenvalue weighted by Crippen LogP contribution is 2.11. The number of furan rings is 1. The van der Waals surface area contributed by atoms with E-state index in [-0.39, 0.29) is 5.91 Å². The maximum absolute atomic E-state index is 11.7. The first-order chi connectivity index (χ1) is 9.69. The normalized spacial score (nSPS) is 10.4. The van der Waals surface area contributed by atoms with Gasteiger partial charge in [-0.15, -0.1) is 0 Å². The standard InChI is InChI=1S/C15H13NO4/c1-19-15(18)11-4-6-12(7-5-11)16-14(17)9-8-13-3-2-10-20-13/h2-10H,1H3,(H,16,17). The molecule has 1 heterocycles. The van der Waals surface area contributed by atoms with Crippen LogP contribution in [0.15, 0.2) is 53.2 Å². The topological polar surface area (TPSA) is 68.5 Å². The van der Waals surface area contributed by atoms with Gasteiger partial charge in [-0.3, -0.25) is 4.79 Å². The molecular weight excluding hydrogens is 258 g/mol. The maximum Gasteiger partial charge on any atom is 0.337 e. The van der Waals surface area contributed by atoms with Crippen molar-refractivity contribution in [3.63, 3.8) is 0 Å². The number of esters is 1. The van der Waals surface area contributed by atoms with E-state index in [4.69, 9.17) is 4.42 Å². The molecule has 0 aliphatic heterocycles. The summed E-state index contributed by atoms with van der Waals surface area (Å²) in [6.07, 6.45) is 4.47. The molecule has 2 rings (SSSR count). The van der Waals surface area contributed by atoms with Gasteiger partial charge in [0.05, 0.1) is 18.9 Å². The highest BCUT2D eigenvalue weighted by atomic mass is 16.5. The third-order valence-corrected chi connectivity index (χ3v) is 2.52. The summed E-state index contributed by atoms with van der Waals surface area (Å²) >= 11 is 0. The number of ether oxygens (including phenoxy) is 1. The zero-order chi connectivity index (χ0) is 14.4. The molecule has 0 aliphatic rings. The molecule has 1 N–H and O–H groups in total. The van der Waals surface area contributed by atoms with Gasteiger partial charge in [-0.1, -0.05) is 0 Å². The summed E-state index contributed by atoms with van der Waals surface area (Å²) in [5, 5.41) is 2.67. The second kappa shape index (κ2) is 6.38. The van der Waals surface area contributed by atoms with E-state index in [0.717, 1.165) is 0 Å². The number of benzene rings is 1. The molecule has 0 aliphatic carbocycles. The molecule has 0 saturated carbocycles. The van der Waals surface area contributed by atoms with E-state index in [2.05, 4.69) is 10.1 Å². The first-order valence-corrected chi connectivity index (χ1v) is 5.90. The zero-order valence-electron chi connectivity index (χ0n) is 10.8. The molecule has 20 heavy (non-hydrogen) atoms. The summed E-state index contributed by atoms with van der Waals surface area (Å²) in [5.74, 6) is -0.103. The second-order valence-electron chi connectivity index (χ2n) is 3.91. The van der Waals surface area contributed by atoms with Crippen molar-refractivity contribution >= 4 is 23.6 Å². The second-order valence-corrected chi connectivity index (χ2v) is 3.91. The Morgan fingerprint density at radius 1 is 1.20 bits per heavy atom. The fraction of sp³-hybridized carbons (Fsp3) is 0.0667. The predicted molar refractivity (Wildman–Crippen MR) is 74.2 cm³/mol. The monoisotopic (exact) mass is 271 g/mol. The van der Waals surface area contributed by atoms with E-state index in [1.54, 1.807) is 42.5 Å². The Hall–Kier alpha value is -2.82. The van der Waals surface area contributed by atoms with Crippen LogP contribution < -0.4 is 5.32 Å². The smallest absolute Gasteiger partial charge is 0.337 e. The summed E-state index contributed by atoms with van der Waals surface area (Å²) in [5.41, 5.74) is 1.02. The molecule has 0 atom stereocenters. The predicted octanol–water partition coefficient (Wildman–Crippen LogP) is 2.72. The lowest BCUT2D eigenvalue weighted by Gasteiger charge is -2.03. The van der Waals surface area contributed by atoms with Gasteiger partial charge in [0.2, 0.25) is 5.91 Å². The number of carbonyl (C=O) groups excluding carboxylic acids is 2. The maximum atomic E-state index is 11.7. The van der Waals surface area contributed by atoms with Gasteiger partial charge in [0, 0.05) is 11.8 Å². The van der Waals surface area contributed by atoms with Crippen molar-refractivity contribution in [1.82, 2.24) is 0 Å². The van der Waals surface area contributed by atoms with Gasteiger partial charge < -0.3 is 14.5 Å². The number of anilines is 1. The van der Waals surface area contributed by atoms with Crippen molar-refractivity contribution in [2.45, 2.75) is 0 Å². The molecule has 1 amide bonds. The third-order valence-electron chi connectivity index (χ3n) is 2.52. The molecule has 0 bridgehead atoms. The molecule has 0 radical (unpaired) electrons. The number of hydrogen-bond acceptors (Lipinski definition) is 4. The number of nitrogens with one attached hydrogen (secondary N) is 1. The lowest BCUT2D eigenvalue weighted by atomic mass is 10.2. The summed E-state index contributed by atoms with van der Waals surface area (Å²) in [6.45, 7) is 0. The average molecular weight is 271 g/mol.